The number of hydrogen-bond acceptors (Lipinski definition) is 3. The average Bonchev–Trinajstić information content (AvgIpc) is 3.00. The van der Waals surface area contributed by atoms with Crippen molar-refractivity contribution < 1.29 is 9.59 Å². The number of likely N-dealkylation sites (N-methyl/N-ethyl adjacent to an activating group) is 1. The Bertz CT molecular complexity index is 934. The molecule has 0 radical (unpaired) electrons. The molecule has 6 nitrogen and oxygen atoms in total. The number of hydrogen-bond donors (Lipinski definition) is 1. The van der Waals surface area contributed by atoms with Gasteiger partial charge in [-0.05, 0) is 31.2 Å². The maximum absolute atomic E-state index is 13.0. The number of carbonyl (C=O) groups excluding carboxylic acids is 2. The number of nitrogens with one attached hydrogen (secondary N) is 1. The number of rotatable bonds is 7. The van der Waals surface area contributed by atoms with Crippen molar-refractivity contribution in [2.24, 2.45) is 0 Å². The summed E-state index contributed by atoms with van der Waals surface area (Å²) in [6, 6.07) is 17.4. The van der Waals surface area contributed by atoms with Gasteiger partial charge in [-0.3, -0.25) is 9.59 Å². The number of aromatic nitrogens is 2. The Kier molecular flexibility index (Phi) is 5.86. The number of anilines is 1. The van der Waals surface area contributed by atoms with E-state index < -0.39 is 0 Å². The normalized spacial score (nSPS) is 10.7. The highest BCUT2D eigenvalue weighted by atomic mass is 16.2. The average molecular weight is 364 g/mol. The van der Waals surface area contributed by atoms with Crippen molar-refractivity contribution in [3.05, 3.63) is 60.4 Å². The molecule has 140 valence electrons. The zero-order valence-corrected chi connectivity index (χ0v) is 15.7. The highest BCUT2D eigenvalue weighted by Gasteiger charge is 2.18. The summed E-state index contributed by atoms with van der Waals surface area (Å²) in [5.41, 5.74) is 2.66. The molecule has 27 heavy (non-hydrogen) atoms. The van der Waals surface area contributed by atoms with E-state index in [1.165, 1.54) is 6.92 Å². The predicted octanol–water partition coefficient (Wildman–Crippen LogP) is 2.77. The van der Waals surface area contributed by atoms with Gasteiger partial charge in [-0.15, -0.1) is 0 Å². The van der Waals surface area contributed by atoms with E-state index in [4.69, 9.17) is 0 Å². The van der Waals surface area contributed by atoms with Crippen LogP contribution in [-0.4, -0.2) is 34.5 Å². The summed E-state index contributed by atoms with van der Waals surface area (Å²) in [4.78, 5) is 30.6. The molecule has 0 aliphatic carbocycles. The topological polar surface area (TPSA) is 67.2 Å². The summed E-state index contributed by atoms with van der Waals surface area (Å²) in [6.45, 7) is 4.75. The molecular weight excluding hydrogens is 340 g/mol. The largest absolute Gasteiger partial charge is 0.356 e. The van der Waals surface area contributed by atoms with E-state index in [2.05, 4.69) is 10.3 Å². The molecule has 0 saturated heterocycles. The van der Waals surface area contributed by atoms with Crippen LogP contribution in [0.25, 0.3) is 11.0 Å². The monoisotopic (exact) mass is 364 g/mol. The number of nitrogens with zero attached hydrogens (tertiary/aromatic N) is 3. The summed E-state index contributed by atoms with van der Waals surface area (Å²) in [5.74, 6) is 0.727. The molecule has 0 unspecified atom stereocenters. The Hall–Kier alpha value is -3.15. The van der Waals surface area contributed by atoms with Crippen molar-refractivity contribution in [3.8, 4) is 0 Å². The first-order valence-electron chi connectivity index (χ1n) is 9.14. The first kappa shape index (κ1) is 18.6. The van der Waals surface area contributed by atoms with Crippen LogP contribution in [0.5, 0.6) is 0 Å². The van der Waals surface area contributed by atoms with Crippen LogP contribution < -0.4 is 10.2 Å². The number of amides is 2. The van der Waals surface area contributed by atoms with Crippen LogP contribution in [-0.2, 0) is 22.6 Å². The minimum atomic E-state index is -0.0741. The maximum atomic E-state index is 13.0. The minimum absolute atomic E-state index is 0.00706. The lowest BCUT2D eigenvalue weighted by Crippen LogP contribution is -2.34. The van der Waals surface area contributed by atoms with Gasteiger partial charge in [0.25, 0.3) is 0 Å². The van der Waals surface area contributed by atoms with Gasteiger partial charge in [-0.1, -0.05) is 30.3 Å². The second-order valence-corrected chi connectivity index (χ2v) is 6.31. The van der Waals surface area contributed by atoms with Gasteiger partial charge in [-0.25, -0.2) is 4.98 Å². The Labute approximate surface area is 158 Å². The molecule has 0 bridgehead atoms. The van der Waals surface area contributed by atoms with Crippen LogP contribution in [0.4, 0.5) is 5.69 Å². The SMILES string of the molecule is CCN(C(=O)Cn1c(CCNC(C)=O)nc2ccccc21)c1ccccc1. The lowest BCUT2D eigenvalue weighted by Gasteiger charge is -2.22. The van der Waals surface area contributed by atoms with Gasteiger partial charge in [0.05, 0.1) is 11.0 Å². The number of imidazole rings is 1. The predicted molar refractivity (Wildman–Crippen MR) is 107 cm³/mol. The standard InChI is InChI=1S/C21H24N4O2/c1-3-24(17-9-5-4-6-10-17)21(27)15-25-19-12-8-7-11-18(19)23-20(25)13-14-22-16(2)26/h4-12H,3,13-15H2,1-2H3,(H,22,26). The summed E-state index contributed by atoms with van der Waals surface area (Å²) < 4.78 is 1.95. The van der Waals surface area contributed by atoms with E-state index in [0.717, 1.165) is 22.5 Å². The molecule has 0 aliphatic rings. The quantitative estimate of drug-likeness (QED) is 0.701. The molecule has 2 amide bonds. The third kappa shape index (κ3) is 4.34. The molecule has 1 heterocycles. The molecule has 0 saturated carbocycles. The lowest BCUT2D eigenvalue weighted by molar-refractivity contribution is -0.120. The highest BCUT2D eigenvalue weighted by molar-refractivity contribution is 5.94. The van der Waals surface area contributed by atoms with Gasteiger partial charge in [0.2, 0.25) is 11.8 Å². The number of fused-ring (bicyclic) bond motifs is 1. The Morgan fingerprint density at radius 1 is 1.07 bits per heavy atom. The van der Waals surface area contributed by atoms with Crippen LogP contribution in [0.2, 0.25) is 0 Å². The van der Waals surface area contributed by atoms with Crippen molar-refractivity contribution in [3.63, 3.8) is 0 Å². The fraction of sp³-hybridized carbons (Fsp3) is 0.286. The second kappa shape index (κ2) is 8.49. The van der Waals surface area contributed by atoms with Gasteiger partial charge in [0.15, 0.2) is 0 Å². The fourth-order valence-corrected chi connectivity index (χ4v) is 3.17. The Morgan fingerprint density at radius 2 is 1.78 bits per heavy atom. The lowest BCUT2D eigenvalue weighted by atomic mass is 10.2. The van der Waals surface area contributed by atoms with Crippen molar-refractivity contribution in [2.75, 3.05) is 18.0 Å². The zero-order valence-electron chi connectivity index (χ0n) is 15.7. The minimum Gasteiger partial charge on any atom is -0.356 e. The molecule has 0 spiro atoms. The summed E-state index contributed by atoms with van der Waals surface area (Å²) in [5, 5.41) is 2.79. The Morgan fingerprint density at radius 3 is 2.48 bits per heavy atom. The molecule has 6 heteroatoms. The van der Waals surface area contributed by atoms with Gasteiger partial charge in [-0.2, -0.15) is 0 Å². The molecule has 1 aromatic heterocycles. The van der Waals surface area contributed by atoms with Crippen LogP contribution >= 0.6 is 0 Å². The van der Waals surface area contributed by atoms with E-state index in [0.29, 0.717) is 19.5 Å². The third-order valence-electron chi connectivity index (χ3n) is 4.43. The number of carbonyl (C=O) groups is 2. The number of para-hydroxylation sites is 3. The highest BCUT2D eigenvalue weighted by Crippen LogP contribution is 2.19. The van der Waals surface area contributed by atoms with E-state index in [1.54, 1.807) is 4.90 Å². The fourth-order valence-electron chi connectivity index (χ4n) is 3.17. The van der Waals surface area contributed by atoms with Crippen molar-refractivity contribution in [1.82, 2.24) is 14.9 Å². The van der Waals surface area contributed by atoms with Crippen LogP contribution in [0.15, 0.2) is 54.6 Å². The van der Waals surface area contributed by atoms with Crippen molar-refractivity contribution >= 4 is 28.5 Å². The van der Waals surface area contributed by atoms with E-state index >= 15 is 0 Å². The molecule has 1 N–H and O–H groups in total. The number of benzene rings is 2. The third-order valence-corrected chi connectivity index (χ3v) is 4.43. The van der Waals surface area contributed by atoms with Crippen LogP contribution in [0, 0.1) is 0 Å². The molecule has 2 aromatic carbocycles. The summed E-state index contributed by atoms with van der Waals surface area (Å²) in [6.07, 6.45) is 0.568. The molecule has 3 rings (SSSR count). The van der Waals surface area contributed by atoms with Gasteiger partial charge < -0.3 is 14.8 Å². The van der Waals surface area contributed by atoms with Gasteiger partial charge in [0.1, 0.15) is 12.4 Å². The van der Waals surface area contributed by atoms with Crippen LogP contribution in [0.3, 0.4) is 0 Å². The molecule has 0 atom stereocenters. The first-order chi connectivity index (χ1) is 13.1. The van der Waals surface area contributed by atoms with Crippen LogP contribution in [0.1, 0.15) is 19.7 Å². The second-order valence-electron chi connectivity index (χ2n) is 6.31. The zero-order chi connectivity index (χ0) is 19.2. The smallest absolute Gasteiger partial charge is 0.246 e. The first-order valence-corrected chi connectivity index (χ1v) is 9.14. The summed E-state index contributed by atoms with van der Waals surface area (Å²) >= 11 is 0. The van der Waals surface area contributed by atoms with E-state index in [-0.39, 0.29) is 18.4 Å². The van der Waals surface area contributed by atoms with Gasteiger partial charge in [0, 0.05) is 32.1 Å². The van der Waals surface area contributed by atoms with Crippen molar-refractivity contribution in [1.29, 1.82) is 0 Å². The van der Waals surface area contributed by atoms with Crippen molar-refractivity contribution in [2.45, 2.75) is 26.8 Å². The van der Waals surface area contributed by atoms with Gasteiger partial charge >= 0.3 is 0 Å². The summed E-state index contributed by atoms with van der Waals surface area (Å²) in [7, 11) is 0. The van der Waals surface area contributed by atoms with E-state index in [9.17, 15) is 9.59 Å². The Balaban J connectivity index is 1.88. The van der Waals surface area contributed by atoms with E-state index in [1.807, 2.05) is 66.1 Å². The molecular formula is C21H24N4O2. The maximum Gasteiger partial charge on any atom is 0.246 e. The molecule has 0 fully saturated rings. The molecule has 3 aromatic rings. The molecule has 0 aliphatic heterocycles.